The van der Waals surface area contributed by atoms with Crippen molar-refractivity contribution in [1.29, 1.82) is 0 Å². The maximum atomic E-state index is 5.81. The van der Waals surface area contributed by atoms with Gasteiger partial charge in [-0.25, -0.2) is 0 Å². The first-order valence-corrected chi connectivity index (χ1v) is 5.65. The van der Waals surface area contributed by atoms with E-state index in [1.54, 1.807) is 6.26 Å². The fraction of sp³-hybridized carbons (Fsp3) is 0.800. The second kappa shape index (κ2) is 2.84. The third-order valence-electron chi connectivity index (χ3n) is 3.01. The smallest absolute Gasteiger partial charge is 0.155 e. The standard InChI is InChI=1S/C10H16O2S/c1-6-5-11-10(4)8(3)13-7(2)9(10)12-6/h5,7-9H,1-4H3. The quantitative estimate of drug-likeness (QED) is 0.598. The van der Waals surface area contributed by atoms with Crippen LogP contribution in [-0.4, -0.2) is 22.2 Å². The average molecular weight is 200 g/mol. The second-order valence-electron chi connectivity index (χ2n) is 4.05. The Bertz CT molecular complexity index is 251. The molecule has 74 valence electrons. The van der Waals surface area contributed by atoms with Crippen LogP contribution in [0.1, 0.15) is 27.7 Å². The van der Waals surface area contributed by atoms with E-state index in [4.69, 9.17) is 9.47 Å². The summed E-state index contributed by atoms with van der Waals surface area (Å²) in [4.78, 5) is 0. The van der Waals surface area contributed by atoms with E-state index in [0.717, 1.165) is 5.76 Å². The number of ether oxygens (including phenoxy) is 2. The van der Waals surface area contributed by atoms with Gasteiger partial charge < -0.3 is 9.47 Å². The van der Waals surface area contributed by atoms with Crippen LogP contribution in [0.2, 0.25) is 0 Å². The highest BCUT2D eigenvalue weighted by Crippen LogP contribution is 2.47. The number of thioether (sulfide) groups is 1. The van der Waals surface area contributed by atoms with Gasteiger partial charge in [-0.1, -0.05) is 0 Å². The molecule has 2 aliphatic rings. The van der Waals surface area contributed by atoms with E-state index in [9.17, 15) is 0 Å². The van der Waals surface area contributed by atoms with E-state index in [1.807, 2.05) is 18.7 Å². The molecule has 13 heavy (non-hydrogen) atoms. The molecule has 2 rings (SSSR count). The predicted octanol–water partition coefficient (Wildman–Crippen LogP) is 2.55. The Kier molecular flexibility index (Phi) is 2.02. The molecule has 0 radical (unpaired) electrons. The van der Waals surface area contributed by atoms with Crippen LogP contribution in [-0.2, 0) is 9.47 Å². The lowest BCUT2D eigenvalue weighted by atomic mass is 9.93. The zero-order valence-corrected chi connectivity index (χ0v) is 9.35. The number of allylic oxidation sites excluding steroid dienone is 1. The Labute approximate surface area is 83.7 Å². The molecule has 0 aromatic rings. The van der Waals surface area contributed by atoms with Crippen LogP contribution in [0.3, 0.4) is 0 Å². The van der Waals surface area contributed by atoms with Crippen molar-refractivity contribution in [3.8, 4) is 0 Å². The zero-order valence-electron chi connectivity index (χ0n) is 8.53. The Hall–Kier alpha value is -0.310. The Morgan fingerprint density at radius 3 is 2.85 bits per heavy atom. The van der Waals surface area contributed by atoms with Crippen LogP contribution in [0.15, 0.2) is 12.0 Å². The summed E-state index contributed by atoms with van der Waals surface area (Å²) in [6.07, 6.45) is 1.95. The third kappa shape index (κ3) is 1.25. The van der Waals surface area contributed by atoms with Gasteiger partial charge in [-0.15, -0.1) is 11.8 Å². The fourth-order valence-electron chi connectivity index (χ4n) is 2.04. The summed E-state index contributed by atoms with van der Waals surface area (Å²) in [6, 6.07) is 0. The summed E-state index contributed by atoms with van der Waals surface area (Å²) in [5, 5.41) is 1.01. The lowest BCUT2D eigenvalue weighted by Gasteiger charge is -2.38. The minimum absolute atomic E-state index is 0.135. The molecule has 0 bridgehead atoms. The first-order valence-electron chi connectivity index (χ1n) is 4.71. The summed E-state index contributed by atoms with van der Waals surface area (Å²) in [5.41, 5.74) is -0.135. The summed E-state index contributed by atoms with van der Waals surface area (Å²) in [7, 11) is 0. The van der Waals surface area contributed by atoms with Gasteiger partial charge in [-0.05, 0) is 27.7 Å². The zero-order chi connectivity index (χ0) is 9.64. The second-order valence-corrected chi connectivity index (χ2v) is 5.77. The van der Waals surface area contributed by atoms with Gasteiger partial charge in [0.05, 0.1) is 0 Å². The molecule has 0 amide bonds. The molecular formula is C10H16O2S. The van der Waals surface area contributed by atoms with E-state index in [-0.39, 0.29) is 11.7 Å². The molecule has 1 saturated heterocycles. The van der Waals surface area contributed by atoms with Crippen molar-refractivity contribution in [2.24, 2.45) is 0 Å². The molecule has 4 unspecified atom stereocenters. The highest BCUT2D eigenvalue weighted by atomic mass is 32.2. The maximum absolute atomic E-state index is 5.81. The molecule has 0 aromatic carbocycles. The molecule has 2 heterocycles. The van der Waals surface area contributed by atoms with Gasteiger partial charge in [0, 0.05) is 10.5 Å². The average Bonchev–Trinajstić information content (AvgIpc) is 2.28. The van der Waals surface area contributed by atoms with Crippen LogP contribution in [0, 0.1) is 0 Å². The molecule has 0 N–H and O–H groups in total. The molecule has 0 aromatic heterocycles. The molecule has 0 aliphatic carbocycles. The van der Waals surface area contributed by atoms with E-state index in [0.29, 0.717) is 10.5 Å². The molecule has 1 fully saturated rings. The van der Waals surface area contributed by atoms with Gasteiger partial charge in [0.2, 0.25) is 0 Å². The molecule has 0 spiro atoms. The fourth-order valence-corrected chi connectivity index (χ4v) is 3.61. The molecule has 2 nitrogen and oxygen atoms in total. The van der Waals surface area contributed by atoms with Crippen molar-refractivity contribution in [2.45, 2.75) is 49.9 Å². The molecule has 3 heteroatoms. The maximum Gasteiger partial charge on any atom is 0.155 e. The van der Waals surface area contributed by atoms with Crippen molar-refractivity contribution in [3.05, 3.63) is 12.0 Å². The largest absolute Gasteiger partial charge is 0.487 e. The van der Waals surface area contributed by atoms with E-state index >= 15 is 0 Å². The van der Waals surface area contributed by atoms with Crippen LogP contribution < -0.4 is 0 Å². The number of fused-ring (bicyclic) bond motifs is 1. The first kappa shape index (κ1) is 9.25. The summed E-state index contributed by atoms with van der Waals surface area (Å²) >= 11 is 1.94. The number of rotatable bonds is 0. The van der Waals surface area contributed by atoms with Gasteiger partial charge in [0.1, 0.15) is 12.0 Å². The van der Waals surface area contributed by atoms with E-state index < -0.39 is 0 Å². The molecule has 4 atom stereocenters. The first-order chi connectivity index (χ1) is 6.04. The lowest BCUT2D eigenvalue weighted by molar-refractivity contribution is -0.102. The van der Waals surface area contributed by atoms with Gasteiger partial charge in [-0.2, -0.15) is 0 Å². The summed E-state index contributed by atoms with van der Waals surface area (Å²) in [6.45, 7) is 8.50. The van der Waals surface area contributed by atoms with Crippen molar-refractivity contribution < 1.29 is 9.47 Å². The van der Waals surface area contributed by atoms with Gasteiger partial charge >= 0.3 is 0 Å². The predicted molar refractivity (Wildman–Crippen MR) is 54.6 cm³/mol. The molecular weight excluding hydrogens is 184 g/mol. The van der Waals surface area contributed by atoms with Gasteiger partial charge in [-0.3, -0.25) is 0 Å². The van der Waals surface area contributed by atoms with Crippen molar-refractivity contribution in [3.63, 3.8) is 0 Å². The summed E-state index contributed by atoms with van der Waals surface area (Å²) in [5.74, 6) is 0.893. The Morgan fingerprint density at radius 1 is 1.46 bits per heavy atom. The lowest BCUT2D eigenvalue weighted by Crippen LogP contribution is -2.48. The normalized spacial score (nSPS) is 48.9. The molecule has 2 aliphatic heterocycles. The van der Waals surface area contributed by atoms with Crippen LogP contribution in [0.4, 0.5) is 0 Å². The SMILES string of the molecule is CC1=COC2(C)C(C)SC(C)C2O1. The Balaban J connectivity index is 2.29. The van der Waals surface area contributed by atoms with Gasteiger partial charge in [0.25, 0.3) is 0 Å². The minimum Gasteiger partial charge on any atom is -0.487 e. The van der Waals surface area contributed by atoms with Crippen LogP contribution in [0.5, 0.6) is 0 Å². The molecule has 0 saturated carbocycles. The topological polar surface area (TPSA) is 18.5 Å². The number of hydrogen-bond acceptors (Lipinski definition) is 3. The summed E-state index contributed by atoms with van der Waals surface area (Å²) < 4.78 is 11.6. The monoisotopic (exact) mass is 200 g/mol. The highest BCUT2D eigenvalue weighted by Gasteiger charge is 2.54. The van der Waals surface area contributed by atoms with Crippen molar-refractivity contribution in [1.82, 2.24) is 0 Å². The van der Waals surface area contributed by atoms with E-state index in [2.05, 4.69) is 20.8 Å². The van der Waals surface area contributed by atoms with Crippen LogP contribution >= 0.6 is 11.8 Å². The van der Waals surface area contributed by atoms with Gasteiger partial charge in [0.15, 0.2) is 11.7 Å². The van der Waals surface area contributed by atoms with E-state index in [1.165, 1.54) is 0 Å². The van der Waals surface area contributed by atoms with Crippen molar-refractivity contribution in [2.75, 3.05) is 0 Å². The number of hydrogen-bond donors (Lipinski definition) is 0. The Morgan fingerprint density at radius 2 is 2.15 bits per heavy atom. The minimum atomic E-state index is -0.135. The highest BCUT2D eigenvalue weighted by molar-refractivity contribution is 8.00. The third-order valence-corrected chi connectivity index (χ3v) is 4.56. The van der Waals surface area contributed by atoms with Crippen LogP contribution in [0.25, 0.3) is 0 Å². The van der Waals surface area contributed by atoms with Crippen molar-refractivity contribution >= 4 is 11.8 Å².